The lowest BCUT2D eigenvalue weighted by atomic mass is 10.1. The van der Waals surface area contributed by atoms with E-state index in [2.05, 4.69) is 73.2 Å². The first-order valence-corrected chi connectivity index (χ1v) is 8.88. The van der Waals surface area contributed by atoms with Crippen molar-refractivity contribution in [3.63, 3.8) is 0 Å². The van der Waals surface area contributed by atoms with E-state index in [0.717, 1.165) is 0 Å². The standard InChI is InChI=1S/C10H6Br4O4.C2H8N2/c1-17-9(15)3-4(10(16)18-2)6(12)8(14)7(13)5(3)11;3-1-2-4/h1-2H3;1-4H2. The van der Waals surface area contributed by atoms with Gasteiger partial charge in [-0.1, -0.05) is 0 Å². The summed E-state index contributed by atoms with van der Waals surface area (Å²) in [4.78, 5) is 23.5. The van der Waals surface area contributed by atoms with Gasteiger partial charge in [-0.15, -0.1) is 0 Å². The minimum absolute atomic E-state index is 0.0892. The number of benzene rings is 1. The van der Waals surface area contributed by atoms with Crippen molar-refractivity contribution >= 4 is 75.7 Å². The molecule has 124 valence electrons. The van der Waals surface area contributed by atoms with E-state index in [0.29, 0.717) is 31.0 Å². The number of esters is 2. The van der Waals surface area contributed by atoms with Gasteiger partial charge in [0.15, 0.2) is 0 Å². The Morgan fingerprint density at radius 1 is 0.773 bits per heavy atom. The van der Waals surface area contributed by atoms with Crippen LogP contribution in [0.1, 0.15) is 20.7 Å². The molecule has 0 amide bonds. The van der Waals surface area contributed by atoms with E-state index < -0.39 is 11.9 Å². The van der Waals surface area contributed by atoms with Crippen LogP contribution in [0.15, 0.2) is 17.9 Å². The Kier molecular flexibility index (Phi) is 10.7. The second-order valence-electron chi connectivity index (χ2n) is 3.57. The van der Waals surface area contributed by atoms with E-state index in [4.69, 9.17) is 11.5 Å². The van der Waals surface area contributed by atoms with Gasteiger partial charge in [0.1, 0.15) is 0 Å². The van der Waals surface area contributed by atoms with Crippen LogP contribution >= 0.6 is 63.7 Å². The summed E-state index contributed by atoms with van der Waals surface area (Å²) in [6.45, 7) is 1.19. The van der Waals surface area contributed by atoms with E-state index in [-0.39, 0.29) is 11.1 Å². The van der Waals surface area contributed by atoms with E-state index in [9.17, 15) is 9.59 Å². The van der Waals surface area contributed by atoms with E-state index in [1.165, 1.54) is 14.2 Å². The number of rotatable bonds is 3. The zero-order chi connectivity index (χ0) is 17.4. The molecule has 0 fully saturated rings. The third kappa shape index (κ3) is 5.27. The minimum Gasteiger partial charge on any atom is -0.465 e. The maximum Gasteiger partial charge on any atom is 0.339 e. The highest BCUT2D eigenvalue weighted by molar-refractivity contribution is 9.15. The van der Waals surface area contributed by atoms with Crippen molar-refractivity contribution in [2.45, 2.75) is 0 Å². The second kappa shape index (κ2) is 10.7. The second-order valence-corrected chi connectivity index (χ2v) is 6.74. The van der Waals surface area contributed by atoms with Crippen LogP contribution in [0.5, 0.6) is 0 Å². The summed E-state index contributed by atoms with van der Waals surface area (Å²) in [5, 5.41) is 0. The number of halogens is 4. The Morgan fingerprint density at radius 3 is 1.23 bits per heavy atom. The minimum atomic E-state index is -0.642. The lowest BCUT2D eigenvalue weighted by Gasteiger charge is -2.14. The highest BCUT2D eigenvalue weighted by Gasteiger charge is 2.28. The van der Waals surface area contributed by atoms with Crippen molar-refractivity contribution in [1.82, 2.24) is 0 Å². The van der Waals surface area contributed by atoms with Crippen molar-refractivity contribution in [3.8, 4) is 0 Å². The van der Waals surface area contributed by atoms with Crippen LogP contribution in [-0.2, 0) is 9.47 Å². The monoisotopic (exact) mass is 566 g/mol. The zero-order valence-corrected chi connectivity index (χ0v) is 18.1. The Morgan fingerprint density at radius 2 is 1.05 bits per heavy atom. The molecule has 0 aliphatic heterocycles. The van der Waals surface area contributed by atoms with Gasteiger partial charge in [-0.05, 0) is 63.7 Å². The SMILES string of the molecule is COC(=O)c1c(Br)c(Br)c(Br)c(Br)c1C(=O)OC.NCCN. The molecule has 0 saturated carbocycles. The average molecular weight is 570 g/mol. The van der Waals surface area contributed by atoms with E-state index in [1.54, 1.807) is 0 Å². The maximum absolute atomic E-state index is 11.8. The van der Waals surface area contributed by atoms with Crippen molar-refractivity contribution in [2.75, 3.05) is 27.3 Å². The van der Waals surface area contributed by atoms with Crippen LogP contribution in [0.25, 0.3) is 0 Å². The van der Waals surface area contributed by atoms with Crippen molar-refractivity contribution in [1.29, 1.82) is 0 Å². The first kappa shape index (κ1) is 22.0. The number of carbonyl (C=O) groups is 2. The van der Waals surface area contributed by atoms with Gasteiger partial charge in [0.2, 0.25) is 0 Å². The fraction of sp³-hybridized carbons (Fsp3) is 0.333. The van der Waals surface area contributed by atoms with Gasteiger partial charge < -0.3 is 20.9 Å². The molecule has 0 heterocycles. The van der Waals surface area contributed by atoms with Gasteiger partial charge in [-0.3, -0.25) is 0 Å². The molecule has 0 aliphatic carbocycles. The number of hydrogen-bond donors (Lipinski definition) is 2. The number of hydrogen-bond acceptors (Lipinski definition) is 6. The smallest absolute Gasteiger partial charge is 0.339 e. The lowest BCUT2D eigenvalue weighted by molar-refractivity contribution is 0.0553. The van der Waals surface area contributed by atoms with Crippen molar-refractivity contribution < 1.29 is 19.1 Å². The van der Waals surface area contributed by atoms with Crippen LogP contribution in [0, 0.1) is 0 Å². The Balaban J connectivity index is 0.000000980. The third-order valence-corrected chi connectivity index (χ3v) is 6.98. The Labute approximate surface area is 161 Å². The lowest BCUT2D eigenvalue weighted by Crippen LogP contribution is -2.14. The first-order chi connectivity index (χ1) is 10.3. The molecule has 1 aromatic carbocycles. The summed E-state index contributed by atoms with van der Waals surface area (Å²) in [6, 6.07) is 0. The van der Waals surface area contributed by atoms with Crippen LogP contribution in [-0.4, -0.2) is 39.2 Å². The molecule has 0 bridgehead atoms. The van der Waals surface area contributed by atoms with Crippen LogP contribution < -0.4 is 11.5 Å². The molecule has 1 aromatic rings. The topological polar surface area (TPSA) is 105 Å². The normalized spacial score (nSPS) is 9.64. The summed E-state index contributed by atoms with van der Waals surface area (Å²) in [5.41, 5.74) is 9.98. The largest absolute Gasteiger partial charge is 0.465 e. The molecule has 0 unspecified atom stereocenters. The summed E-state index contributed by atoms with van der Waals surface area (Å²) in [6.07, 6.45) is 0. The number of nitrogens with two attached hydrogens (primary N) is 2. The molecular weight excluding hydrogens is 556 g/mol. The number of ether oxygens (including phenoxy) is 2. The molecule has 0 radical (unpaired) electrons. The summed E-state index contributed by atoms with van der Waals surface area (Å²) >= 11 is 13.1. The molecule has 0 aliphatic rings. The number of methoxy groups -OCH3 is 2. The highest BCUT2D eigenvalue weighted by atomic mass is 79.9. The van der Waals surface area contributed by atoms with E-state index in [1.807, 2.05) is 0 Å². The average Bonchev–Trinajstić information content (AvgIpc) is 2.54. The van der Waals surface area contributed by atoms with Gasteiger partial charge in [-0.25, -0.2) is 9.59 Å². The predicted molar refractivity (Wildman–Crippen MR) is 98.0 cm³/mol. The van der Waals surface area contributed by atoms with Gasteiger partial charge in [0.05, 0.1) is 25.3 Å². The Bertz CT molecular complexity index is 518. The molecule has 0 saturated heterocycles. The maximum atomic E-state index is 11.8. The van der Waals surface area contributed by atoms with Crippen LogP contribution in [0.2, 0.25) is 0 Å². The molecule has 4 N–H and O–H groups in total. The summed E-state index contributed by atoms with van der Waals surface area (Å²) in [7, 11) is 2.47. The quantitative estimate of drug-likeness (QED) is 0.329. The van der Waals surface area contributed by atoms with Crippen LogP contribution in [0.3, 0.4) is 0 Å². The molecular formula is C12H14Br4N2O4. The van der Waals surface area contributed by atoms with E-state index >= 15 is 0 Å². The predicted octanol–water partition coefficient (Wildman–Crippen LogP) is 3.21. The van der Waals surface area contributed by atoms with Gasteiger partial charge in [0, 0.05) is 31.0 Å². The summed E-state index contributed by atoms with van der Waals surface area (Å²) < 4.78 is 11.3. The summed E-state index contributed by atoms with van der Waals surface area (Å²) in [5.74, 6) is -1.28. The first-order valence-electron chi connectivity index (χ1n) is 5.71. The fourth-order valence-corrected chi connectivity index (χ4v) is 3.66. The van der Waals surface area contributed by atoms with Gasteiger partial charge >= 0.3 is 11.9 Å². The molecule has 10 heteroatoms. The molecule has 22 heavy (non-hydrogen) atoms. The third-order valence-electron chi connectivity index (χ3n) is 2.21. The molecule has 1 rings (SSSR count). The highest BCUT2D eigenvalue weighted by Crippen LogP contribution is 2.42. The molecule has 6 nitrogen and oxygen atoms in total. The van der Waals surface area contributed by atoms with Crippen molar-refractivity contribution in [2.24, 2.45) is 11.5 Å². The van der Waals surface area contributed by atoms with Crippen LogP contribution in [0.4, 0.5) is 0 Å². The molecule has 0 spiro atoms. The van der Waals surface area contributed by atoms with Crippen molar-refractivity contribution in [3.05, 3.63) is 29.0 Å². The van der Waals surface area contributed by atoms with Gasteiger partial charge in [0.25, 0.3) is 0 Å². The molecule has 0 atom stereocenters. The van der Waals surface area contributed by atoms with Gasteiger partial charge in [-0.2, -0.15) is 0 Å². The number of carbonyl (C=O) groups excluding carboxylic acids is 2. The fourth-order valence-electron chi connectivity index (χ4n) is 1.22. The zero-order valence-electron chi connectivity index (χ0n) is 11.7. The molecule has 0 aromatic heterocycles. The Hall–Kier alpha value is -0.000000000000000153.